The smallest absolute Gasteiger partial charge is 0.326 e. The van der Waals surface area contributed by atoms with Crippen LogP contribution in [0.4, 0.5) is 10.6 Å². The second kappa shape index (κ2) is 14.4. The van der Waals surface area contributed by atoms with Gasteiger partial charge in [0.1, 0.15) is 11.9 Å². The lowest BCUT2D eigenvalue weighted by molar-refractivity contribution is -0.139. The van der Waals surface area contributed by atoms with Gasteiger partial charge in [-0.25, -0.2) is 14.6 Å². The molecular formula is C28H41N5O3. The van der Waals surface area contributed by atoms with Gasteiger partial charge in [0.05, 0.1) is 0 Å². The van der Waals surface area contributed by atoms with Crippen LogP contribution in [0.5, 0.6) is 0 Å². The van der Waals surface area contributed by atoms with E-state index in [2.05, 4.69) is 39.8 Å². The van der Waals surface area contributed by atoms with Crippen LogP contribution in [-0.4, -0.2) is 70.7 Å². The number of aryl methyl sites for hydroxylation is 2. The number of carbonyl (C=O) groups excluding carboxylic acids is 1. The highest BCUT2D eigenvalue weighted by Gasteiger charge is 2.23. The number of anilines is 1. The van der Waals surface area contributed by atoms with Gasteiger partial charge < -0.3 is 20.6 Å². The summed E-state index contributed by atoms with van der Waals surface area (Å²) in [7, 11) is 0. The zero-order chi connectivity index (χ0) is 25.8. The highest BCUT2D eigenvalue weighted by atomic mass is 16.4. The number of fused-ring (bicyclic) bond motifs is 1. The molecule has 1 atom stereocenters. The fraction of sp³-hybridized carbons (Fsp3) is 0.536. The largest absolute Gasteiger partial charge is 0.480 e. The van der Waals surface area contributed by atoms with E-state index in [-0.39, 0.29) is 6.03 Å². The number of carbonyl (C=O) groups is 2. The molecule has 3 N–H and O–H groups in total. The molecule has 1 aliphatic rings. The Morgan fingerprint density at radius 1 is 1.08 bits per heavy atom. The quantitative estimate of drug-likeness (QED) is 0.341. The number of benzene rings is 1. The van der Waals surface area contributed by atoms with E-state index in [9.17, 15) is 14.7 Å². The Hall–Kier alpha value is -3.13. The van der Waals surface area contributed by atoms with Crippen LogP contribution in [0.3, 0.4) is 0 Å². The summed E-state index contributed by atoms with van der Waals surface area (Å²) in [5.74, 6) is 0.0400. The SMILES string of the molecule is CCN(CC)C(=O)NC(CCN(CCCCc1ccc2c(n1)NCCC2)Cc1ccccc1)C(=O)O. The number of aromatic nitrogens is 1. The van der Waals surface area contributed by atoms with E-state index in [4.69, 9.17) is 4.98 Å². The number of carboxylic acid groups (broad SMARTS) is 1. The maximum absolute atomic E-state index is 12.4. The van der Waals surface area contributed by atoms with Crippen molar-refractivity contribution in [3.8, 4) is 0 Å². The van der Waals surface area contributed by atoms with Gasteiger partial charge in [-0.15, -0.1) is 0 Å². The van der Waals surface area contributed by atoms with Gasteiger partial charge in [-0.2, -0.15) is 0 Å². The lowest BCUT2D eigenvalue weighted by Crippen LogP contribution is -2.49. The van der Waals surface area contributed by atoms with Gasteiger partial charge in [-0.3, -0.25) is 4.90 Å². The van der Waals surface area contributed by atoms with Crippen LogP contribution in [0.1, 0.15) is 56.4 Å². The number of amides is 2. The predicted molar refractivity (Wildman–Crippen MR) is 143 cm³/mol. The molecule has 8 heteroatoms. The Morgan fingerprint density at radius 2 is 1.86 bits per heavy atom. The summed E-state index contributed by atoms with van der Waals surface area (Å²) in [4.78, 5) is 33.0. The topological polar surface area (TPSA) is 97.8 Å². The second-order valence-corrected chi connectivity index (χ2v) is 9.36. The van der Waals surface area contributed by atoms with E-state index in [1.165, 1.54) is 11.1 Å². The summed E-state index contributed by atoms with van der Waals surface area (Å²) in [5, 5.41) is 15.8. The van der Waals surface area contributed by atoms with Crippen molar-refractivity contribution in [2.24, 2.45) is 0 Å². The number of nitrogens with zero attached hydrogens (tertiary/aromatic N) is 3. The van der Waals surface area contributed by atoms with Crippen molar-refractivity contribution in [3.63, 3.8) is 0 Å². The van der Waals surface area contributed by atoms with E-state index >= 15 is 0 Å². The number of urea groups is 1. The molecule has 0 aliphatic carbocycles. The van der Waals surface area contributed by atoms with Gasteiger partial charge in [0.15, 0.2) is 0 Å². The van der Waals surface area contributed by atoms with Gasteiger partial charge in [-0.1, -0.05) is 36.4 Å². The van der Waals surface area contributed by atoms with Crippen molar-refractivity contribution in [2.75, 3.05) is 38.0 Å². The molecule has 1 aliphatic heterocycles. The fourth-order valence-electron chi connectivity index (χ4n) is 4.58. The van der Waals surface area contributed by atoms with Crippen LogP contribution >= 0.6 is 0 Å². The number of unbranched alkanes of at least 4 members (excludes halogenated alkanes) is 1. The molecule has 3 rings (SSSR count). The Morgan fingerprint density at radius 3 is 2.58 bits per heavy atom. The normalized spacial score (nSPS) is 13.5. The second-order valence-electron chi connectivity index (χ2n) is 9.36. The van der Waals surface area contributed by atoms with Crippen molar-refractivity contribution in [1.29, 1.82) is 0 Å². The van der Waals surface area contributed by atoms with Gasteiger partial charge >= 0.3 is 12.0 Å². The molecule has 1 aromatic carbocycles. The standard InChI is InChI=1S/C28H41N5O3/c1-3-33(4-2)28(36)31-25(27(34)35)17-20-32(21-22-11-6-5-7-12-22)19-9-8-14-24-16-15-23-13-10-18-29-26(23)30-24/h5-7,11-12,15-16,25H,3-4,8-10,13-14,17-21H2,1-2H3,(H,29,30)(H,31,36)(H,34,35). The third-order valence-corrected chi connectivity index (χ3v) is 6.74. The highest BCUT2D eigenvalue weighted by molar-refractivity contribution is 5.82. The monoisotopic (exact) mass is 495 g/mol. The first kappa shape index (κ1) is 27.5. The Balaban J connectivity index is 1.54. The maximum atomic E-state index is 12.4. The Bertz CT molecular complexity index is 965. The van der Waals surface area contributed by atoms with Crippen LogP contribution in [0.15, 0.2) is 42.5 Å². The highest BCUT2D eigenvalue weighted by Crippen LogP contribution is 2.20. The number of carboxylic acids is 1. The summed E-state index contributed by atoms with van der Waals surface area (Å²) in [6, 6.07) is 13.3. The molecule has 0 saturated heterocycles. The lowest BCUT2D eigenvalue weighted by Gasteiger charge is -2.26. The van der Waals surface area contributed by atoms with E-state index < -0.39 is 12.0 Å². The number of nitrogens with one attached hydrogen (secondary N) is 2. The molecule has 8 nitrogen and oxygen atoms in total. The third-order valence-electron chi connectivity index (χ3n) is 6.74. The number of pyridine rings is 1. The first-order chi connectivity index (χ1) is 17.5. The maximum Gasteiger partial charge on any atom is 0.326 e. The molecule has 2 heterocycles. The minimum Gasteiger partial charge on any atom is -0.480 e. The molecule has 0 fully saturated rings. The summed E-state index contributed by atoms with van der Waals surface area (Å²) >= 11 is 0. The van der Waals surface area contributed by atoms with E-state index in [1.54, 1.807) is 4.90 Å². The zero-order valence-corrected chi connectivity index (χ0v) is 21.7. The third kappa shape index (κ3) is 8.52. The molecule has 0 radical (unpaired) electrons. The first-order valence-electron chi connectivity index (χ1n) is 13.3. The minimum absolute atomic E-state index is 0.325. The molecule has 1 aromatic heterocycles. The van der Waals surface area contributed by atoms with Crippen LogP contribution in [0.2, 0.25) is 0 Å². The molecule has 196 valence electrons. The van der Waals surface area contributed by atoms with E-state index in [1.807, 2.05) is 32.0 Å². The number of aliphatic carboxylic acids is 1. The van der Waals surface area contributed by atoms with Crippen molar-refractivity contribution in [1.82, 2.24) is 20.1 Å². The van der Waals surface area contributed by atoms with Crippen LogP contribution in [0.25, 0.3) is 0 Å². The summed E-state index contributed by atoms with van der Waals surface area (Å²) in [6.07, 6.45) is 5.53. The van der Waals surface area contributed by atoms with Crippen LogP contribution in [0, 0.1) is 0 Å². The molecule has 36 heavy (non-hydrogen) atoms. The van der Waals surface area contributed by atoms with E-state index in [0.717, 1.165) is 63.3 Å². The van der Waals surface area contributed by atoms with Crippen molar-refractivity contribution >= 4 is 17.8 Å². The van der Waals surface area contributed by atoms with E-state index in [0.29, 0.717) is 26.1 Å². The Labute approximate surface area is 215 Å². The van der Waals surface area contributed by atoms with Crippen molar-refractivity contribution < 1.29 is 14.7 Å². The number of hydrogen-bond acceptors (Lipinski definition) is 5. The van der Waals surface area contributed by atoms with Crippen LogP contribution in [-0.2, 0) is 24.2 Å². The molecule has 1 unspecified atom stereocenters. The molecule has 0 saturated carbocycles. The summed E-state index contributed by atoms with van der Waals surface area (Å²) in [6.45, 7) is 8.05. The predicted octanol–water partition coefficient (Wildman–Crippen LogP) is 4.16. The molecule has 0 bridgehead atoms. The van der Waals surface area contributed by atoms with Gasteiger partial charge in [0.25, 0.3) is 0 Å². The van der Waals surface area contributed by atoms with Crippen molar-refractivity contribution in [2.45, 2.75) is 65.0 Å². The minimum atomic E-state index is -0.998. The summed E-state index contributed by atoms with van der Waals surface area (Å²) in [5.41, 5.74) is 3.61. The average Bonchev–Trinajstić information content (AvgIpc) is 2.89. The first-order valence-corrected chi connectivity index (χ1v) is 13.3. The molecule has 2 amide bonds. The average molecular weight is 496 g/mol. The van der Waals surface area contributed by atoms with Gasteiger partial charge in [0.2, 0.25) is 0 Å². The van der Waals surface area contributed by atoms with Gasteiger partial charge in [-0.05, 0) is 76.1 Å². The molecular weight excluding hydrogens is 454 g/mol. The number of hydrogen-bond donors (Lipinski definition) is 3. The molecule has 2 aromatic rings. The molecule has 0 spiro atoms. The fourth-order valence-corrected chi connectivity index (χ4v) is 4.58. The Kier molecular flexibility index (Phi) is 11.0. The van der Waals surface area contributed by atoms with Crippen molar-refractivity contribution in [3.05, 3.63) is 59.3 Å². The lowest BCUT2D eigenvalue weighted by atomic mass is 10.1. The van der Waals surface area contributed by atoms with Crippen LogP contribution < -0.4 is 10.6 Å². The number of rotatable bonds is 14. The van der Waals surface area contributed by atoms with Gasteiger partial charge in [0, 0.05) is 38.4 Å². The summed E-state index contributed by atoms with van der Waals surface area (Å²) < 4.78 is 0. The zero-order valence-electron chi connectivity index (χ0n) is 21.7.